The number of anilines is 2. The summed E-state index contributed by atoms with van der Waals surface area (Å²) in [4.78, 5) is 14.8. The molecule has 0 aromatic heterocycles. The van der Waals surface area contributed by atoms with Gasteiger partial charge in [0.2, 0.25) is 0 Å². The molecule has 3 rings (SSSR count). The maximum atomic E-state index is 13.6. The van der Waals surface area contributed by atoms with Crippen LogP contribution in [0.2, 0.25) is 0 Å². The average molecular weight is 345 g/mol. The van der Waals surface area contributed by atoms with E-state index in [0.717, 1.165) is 17.5 Å². The zero-order valence-corrected chi connectivity index (χ0v) is 14.0. The summed E-state index contributed by atoms with van der Waals surface area (Å²) in [5, 5.41) is 11.2. The summed E-state index contributed by atoms with van der Waals surface area (Å²) in [6.45, 7) is 5.04. The molecular formula is C18H20FN3O3. The van der Waals surface area contributed by atoms with E-state index in [2.05, 4.69) is 4.90 Å². The van der Waals surface area contributed by atoms with Crippen molar-refractivity contribution in [3.05, 3.63) is 58.4 Å². The summed E-state index contributed by atoms with van der Waals surface area (Å²) in [6.07, 6.45) is 0. The third-order valence-corrected chi connectivity index (χ3v) is 4.26. The van der Waals surface area contributed by atoms with Crippen molar-refractivity contribution in [2.45, 2.75) is 6.92 Å². The van der Waals surface area contributed by atoms with Crippen molar-refractivity contribution in [1.82, 2.24) is 0 Å². The third-order valence-electron chi connectivity index (χ3n) is 4.26. The van der Waals surface area contributed by atoms with Gasteiger partial charge >= 0.3 is 0 Å². The fraction of sp³-hybridized carbons (Fsp3) is 0.333. The van der Waals surface area contributed by atoms with Crippen molar-refractivity contribution in [1.29, 1.82) is 0 Å². The number of hydrogen-bond donors (Lipinski definition) is 0. The SMILES string of the molecule is CCOc1ccccc1N1CCN(c2cc(F)ccc2[N+](=O)[O-])CC1. The molecule has 6 nitrogen and oxygen atoms in total. The van der Waals surface area contributed by atoms with Crippen molar-refractivity contribution in [2.75, 3.05) is 42.6 Å². The quantitative estimate of drug-likeness (QED) is 0.613. The smallest absolute Gasteiger partial charge is 0.292 e. The summed E-state index contributed by atoms with van der Waals surface area (Å²) in [5.41, 5.74) is 1.28. The molecule has 0 unspecified atom stereocenters. The molecule has 1 fully saturated rings. The minimum absolute atomic E-state index is 0.0652. The summed E-state index contributed by atoms with van der Waals surface area (Å²) in [6, 6.07) is 11.4. The highest BCUT2D eigenvalue weighted by molar-refractivity contribution is 5.65. The fourth-order valence-electron chi connectivity index (χ4n) is 3.09. The lowest BCUT2D eigenvalue weighted by Gasteiger charge is -2.37. The van der Waals surface area contributed by atoms with E-state index in [1.54, 1.807) is 0 Å². The van der Waals surface area contributed by atoms with Crippen molar-refractivity contribution in [3.63, 3.8) is 0 Å². The predicted octanol–water partition coefficient (Wildman–Crippen LogP) is 3.46. The minimum Gasteiger partial charge on any atom is -0.492 e. The summed E-state index contributed by atoms with van der Waals surface area (Å²) >= 11 is 0. The molecule has 0 saturated carbocycles. The first-order chi connectivity index (χ1) is 12.1. The molecule has 1 aliphatic heterocycles. The number of hydrogen-bond acceptors (Lipinski definition) is 5. The van der Waals surface area contributed by atoms with Crippen LogP contribution in [0.15, 0.2) is 42.5 Å². The second kappa shape index (κ2) is 7.38. The van der Waals surface area contributed by atoms with Gasteiger partial charge in [-0.15, -0.1) is 0 Å². The normalized spacial score (nSPS) is 14.5. The molecule has 0 radical (unpaired) electrons. The van der Waals surface area contributed by atoms with Crippen LogP contribution in [-0.2, 0) is 0 Å². The summed E-state index contributed by atoms with van der Waals surface area (Å²) in [5.74, 6) is 0.361. The van der Waals surface area contributed by atoms with E-state index < -0.39 is 10.7 Å². The number of piperazine rings is 1. The molecule has 0 amide bonds. The highest BCUT2D eigenvalue weighted by Crippen LogP contribution is 2.32. The lowest BCUT2D eigenvalue weighted by Crippen LogP contribution is -2.46. The average Bonchev–Trinajstić information content (AvgIpc) is 2.62. The monoisotopic (exact) mass is 345 g/mol. The lowest BCUT2D eigenvalue weighted by atomic mass is 10.2. The van der Waals surface area contributed by atoms with Crippen LogP contribution in [0, 0.1) is 15.9 Å². The van der Waals surface area contributed by atoms with Gasteiger partial charge in [-0.3, -0.25) is 10.1 Å². The van der Waals surface area contributed by atoms with E-state index in [0.29, 0.717) is 38.5 Å². The topological polar surface area (TPSA) is 58.8 Å². The lowest BCUT2D eigenvalue weighted by molar-refractivity contribution is -0.384. The van der Waals surface area contributed by atoms with E-state index >= 15 is 0 Å². The Balaban J connectivity index is 1.77. The second-order valence-corrected chi connectivity index (χ2v) is 5.76. The first kappa shape index (κ1) is 17.0. The van der Waals surface area contributed by atoms with Gasteiger partial charge in [-0.05, 0) is 25.1 Å². The summed E-state index contributed by atoms with van der Waals surface area (Å²) < 4.78 is 19.2. The van der Waals surface area contributed by atoms with Crippen LogP contribution in [0.1, 0.15) is 6.92 Å². The molecular weight excluding hydrogens is 325 g/mol. The highest BCUT2D eigenvalue weighted by Gasteiger charge is 2.25. The molecule has 7 heteroatoms. The van der Waals surface area contributed by atoms with Gasteiger partial charge in [0, 0.05) is 38.3 Å². The fourth-order valence-corrected chi connectivity index (χ4v) is 3.09. The number of benzene rings is 2. The molecule has 25 heavy (non-hydrogen) atoms. The number of para-hydroxylation sites is 2. The van der Waals surface area contributed by atoms with Crippen LogP contribution in [0.3, 0.4) is 0 Å². The van der Waals surface area contributed by atoms with E-state index in [4.69, 9.17) is 4.74 Å². The Hall–Kier alpha value is -2.83. The van der Waals surface area contributed by atoms with Crippen LogP contribution in [-0.4, -0.2) is 37.7 Å². The van der Waals surface area contributed by atoms with Crippen LogP contribution in [0.4, 0.5) is 21.5 Å². The molecule has 1 heterocycles. The zero-order valence-electron chi connectivity index (χ0n) is 14.0. The maximum Gasteiger partial charge on any atom is 0.292 e. The number of nitrogens with zero attached hydrogens (tertiary/aromatic N) is 3. The van der Waals surface area contributed by atoms with Gasteiger partial charge in [0.15, 0.2) is 0 Å². The van der Waals surface area contributed by atoms with E-state index in [-0.39, 0.29) is 5.69 Å². The molecule has 0 atom stereocenters. The Kier molecular flexibility index (Phi) is 5.02. The zero-order chi connectivity index (χ0) is 17.8. The van der Waals surface area contributed by atoms with Crippen molar-refractivity contribution in [3.8, 4) is 5.75 Å². The standard InChI is InChI=1S/C18H20FN3O3/c1-2-25-18-6-4-3-5-16(18)20-9-11-21(12-10-20)17-13-14(19)7-8-15(17)22(23)24/h3-8,13H,2,9-12H2,1H3. The molecule has 0 N–H and O–H groups in total. The van der Waals surface area contributed by atoms with Gasteiger partial charge in [0.25, 0.3) is 5.69 Å². The first-order valence-corrected chi connectivity index (χ1v) is 8.26. The number of ether oxygens (including phenoxy) is 1. The Morgan fingerprint density at radius 3 is 2.36 bits per heavy atom. The van der Waals surface area contributed by atoms with Crippen molar-refractivity contribution < 1.29 is 14.1 Å². The molecule has 0 spiro atoms. The predicted molar refractivity (Wildman–Crippen MR) is 95.1 cm³/mol. The molecule has 2 aromatic rings. The maximum absolute atomic E-state index is 13.6. The van der Waals surface area contributed by atoms with Crippen LogP contribution in [0.25, 0.3) is 0 Å². The molecule has 1 aliphatic rings. The molecule has 2 aromatic carbocycles. The number of nitro benzene ring substituents is 1. The molecule has 0 aliphatic carbocycles. The number of rotatable bonds is 5. The second-order valence-electron chi connectivity index (χ2n) is 5.76. The van der Waals surface area contributed by atoms with Crippen molar-refractivity contribution >= 4 is 17.1 Å². The highest BCUT2D eigenvalue weighted by atomic mass is 19.1. The Morgan fingerprint density at radius 2 is 1.72 bits per heavy atom. The molecule has 1 saturated heterocycles. The number of halogens is 1. The first-order valence-electron chi connectivity index (χ1n) is 8.26. The Morgan fingerprint density at radius 1 is 1.08 bits per heavy atom. The molecule has 0 bridgehead atoms. The largest absolute Gasteiger partial charge is 0.492 e. The van der Waals surface area contributed by atoms with Crippen molar-refractivity contribution in [2.24, 2.45) is 0 Å². The van der Waals surface area contributed by atoms with Gasteiger partial charge < -0.3 is 14.5 Å². The van der Waals surface area contributed by atoms with Gasteiger partial charge in [0.1, 0.15) is 17.3 Å². The van der Waals surface area contributed by atoms with Crippen LogP contribution in [0.5, 0.6) is 5.75 Å². The Labute approximate surface area is 145 Å². The van der Waals surface area contributed by atoms with Crippen LogP contribution < -0.4 is 14.5 Å². The van der Waals surface area contributed by atoms with E-state index in [9.17, 15) is 14.5 Å². The number of nitro groups is 1. The van der Waals surface area contributed by atoms with Gasteiger partial charge in [-0.2, -0.15) is 0 Å². The van der Waals surface area contributed by atoms with E-state index in [1.807, 2.05) is 36.1 Å². The Bertz CT molecular complexity index is 761. The van der Waals surface area contributed by atoms with E-state index in [1.165, 1.54) is 12.1 Å². The van der Waals surface area contributed by atoms with Gasteiger partial charge in [-0.25, -0.2) is 4.39 Å². The van der Waals surface area contributed by atoms with Crippen LogP contribution >= 0.6 is 0 Å². The minimum atomic E-state index is -0.468. The van der Waals surface area contributed by atoms with Gasteiger partial charge in [-0.1, -0.05) is 12.1 Å². The third kappa shape index (κ3) is 3.65. The summed E-state index contributed by atoms with van der Waals surface area (Å²) in [7, 11) is 0. The van der Waals surface area contributed by atoms with Gasteiger partial charge in [0.05, 0.1) is 17.2 Å². The molecule has 132 valence electrons.